The highest BCUT2D eigenvalue weighted by Crippen LogP contribution is 2.18. The minimum absolute atomic E-state index is 0.335. The van der Waals surface area contributed by atoms with Crippen LogP contribution in [-0.4, -0.2) is 55.4 Å². The van der Waals surface area contributed by atoms with Crippen molar-refractivity contribution in [2.75, 3.05) is 44.2 Å². The first-order valence-corrected chi connectivity index (χ1v) is 8.60. The zero-order valence-corrected chi connectivity index (χ0v) is 14.3. The molecule has 0 amide bonds. The van der Waals surface area contributed by atoms with Crippen LogP contribution in [0, 0.1) is 6.92 Å². The maximum atomic E-state index is 10.2. The van der Waals surface area contributed by atoms with Crippen LogP contribution in [0.1, 0.15) is 5.56 Å². The van der Waals surface area contributed by atoms with Crippen molar-refractivity contribution in [3.8, 4) is 5.75 Å². The van der Waals surface area contributed by atoms with Crippen LogP contribution in [0.3, 0.4) is 0 Å². The Morgan fingerprint density at radius 1 is 1.00 bits per heavy atom. The summed E-state index contributed by atoms with van der Waals surface area (Å²) < 4.78 is 5.63. The number of benzene rings is 2. The molecule has 1 aliphatic rings. The number of aliphatic hydroxyl groups is 1. The van der Waals surface area contributed by atoms with Crippen LogP contribution < -0.4 is 9.64 Å². The molecule has 0 bridgehead atoms. The summed E-state index contributed by atoms with van der Waals surface area (Å²) in [6.45, 7) is 7.05. The molecule has 0 radical (unpaired) electrons. The molecule has 1 aliphatic heterocycles. The predicted molar refractivity (Wildman–Crippen MR) is 97.8 cm³/mol. The molecule has 0 aliphatic carbocycles. The van der Waals surface area contributed by atoms with E-state index in [4.69, 9.17) is 4.74 Å². The van der Waals surface area contributed by atoms with Crippen molar-refractivity contribution in [1.29, 1.82) is 0 Å². The molecule has 2 aromatic carbocycles. The highest BCUT2D eigenvalue weighted by molar-refractivity contribution is 5.48. The van der Waals surface area contributed by atoms with Gasteiger partial charge in [-0.25, -0.2) is 0 Å². The molecular formula is C20H26N2O2. The van der Waals surface area contributed by atoms with Crippen molar-refractivity contribution in [1.82, 2.24) is 4.90 Å². The number of aliphatic hydroxyl groups excluding tert-OH is 1. The summed E-state index contributed by atoms with van der Waals surface area (Å²) in [6.07, 6.45) is -0.462. The zero-order valence-electron chi connectivity index (χ0n) is 14.3. The van der Waals surface area contributed by atoms with E-state index in [2.05, 4.69) is 41.0 Å². The fourth-order valence-corrected chi connectivity index (χ4v) is 3.07. The van der Waals surface area contributed by atoms with Gasteiger partial charge < -0.3 is 14.7 Å². The number of para-hydroxylation sites is 1. The molecule has 4 nitrogen and oxygen atoms in total. The zero-order chi connectivity index (χ0) is 16.8. The predicted octanol–water partition coefficient (Wildman–Crippen LogP) is 2.56. The number of β-amino-alcohol motifs (C(OH)–C–C–N with tert-alkyl or cyclic N) is 1. The normalized spacial score (nSPS) is 16.8. The van der Waals surface area contributed by atoms with Gasteiger partial charge in [-0.05, 0) is 36.8 Å². The van der Waals surface area contributed by atoms with Gasteiger partial charge in [0.05, 0.1) is 0 Å². The van der Waals surface area contributed by atoms with Gasteiger partial charge in [0.25, 0.3) is 0 Å². The average molecular weight is 326 g/mol. The van der Waals surface area contributed by atoms with Crippen molar-refractivity contribution in [3.05, 3.63) is 60.2 Å². The Balaban J connectivity index is 1.42. The number of nitrogens with zero attached hydrogens (tertiary/aromatic N) is 2. The Bertz CT molecular complexity index is 625. The van der Waals surface area contributed by atoms with Gasteiger partial charge in [-0.3, -0.25) is 4.90 Å². The molecule has 24 heavy (non-hydrogen) atoms. The summed E-state index contributed by atoms with van der Waals surface area (Å²) in [5, 5.41) is 10.2. The average Bonchev–Trinajstić information content (AvgIpc) is 2.61. The highest BCUT2D eigenvalue weighted by Gasteiger charge is 2.19. The Morgan fingerprint density at radius 3 is 2.46 bits per heavy atom. The van der Waals surface area contributed by atoms with E-state index >= 15 is 0 Å². The van der Waals surface area contributed by atoms with Gasteiger partial charge in [-0.15, -0.1) is 0 Å². The fourth-order valence-electron chi connectivity index (χ4n) is 3.07. The second-order valence-electron chi connectivity index (χ2n) is 6.40. The Morgan fingerprint density at radius 2 is 1.75 bits per heavy atom. The molecule has 3 rings (SSSR count). The topological polar surface area (TPSA) is 35.9 Å². The molecule has 1 atom stereocenters. The standard InChI is InChI=1S/C20H26N2O2/c1-17-6-5-7-18(14-17)22-12-10-21(11-13-22)15-19(23)16-24-20-8-3-2-4-9-20/h2-9,14,19,23H,10-13,15-16H2,1H3/t19-/m0/s1. The first-order chi connectivity index (χ1) is 11.7. The fraction of sp³-hybridized carbons (Fsp3) is 0.400. The molecule has 1 N–H and O–H groups in total. The van der Waals surface area contributed by atoms with Crippen LogP contribution in [0.2, 0.25) is 0 Å². The number of piperazine rings is 1. The first kappa shape index (κ1) is 16.8. The van der Waals surface area contributed by atoms with Crippen molar-refractivity contribution >= 4 is 5.69 Å². The van der Waals surface area contributed by atoms with E-state index in [1.807, 2.05) is 30.3 Å². The summed E-state index contributed by atoms with van der Waals surface area (Å²) in [7, 11) is 0. The van der Waals surface area contributed by atoms with Crippen molar-refractivity contribution < 1.29 is 9.84 Å². The monoisotopic (exact) mass is 326 g/mol. The van der Waals surface area contributed by atoms with Crippen LogP contribution in [-0.2, 0) is 0 Å². The quantitative estimate of drug-likeness (QED) is 0.885. The van der Waals surface area contributed by atoms with E-state index in [0.717, 1.165) is 31.9 Å². The van der Waals surface area contributed by atoms with Crippen LogP contribution in [0.15, 0.2) is 54.6 Å². The maximum Gasteiger partial charge on any atom is 0.119 e. The smallest absolute Gasteiger partial charge is 0.119 e. The lowest BCUT2D eigenvalue weighted by Crippen LogP contribution is -2.49. The van der Waals surface area contributed by atoms with Crippen molar-refractivity contribution in [2.24, 2.45) is 0 Å². The Hall–Kier alpha value is -2.04. The van der Waals surface area contributed by atoms with E-state index in [-0.39, 0.29) is 0 Å². The molecule has 0 spiro atoms. The first-order valence-electron chi connectivity index (χ1n) is 8.60. The number of aryl methyl sites for hydroxylation is 1. The van der Waals surface area contributed by atoms with E-state index < -0.39 is 6.10 Å². The lowest BCUT2D eigenvalue weighted by atomic mass is 10.2. The van der Waals surface area contributed by atoms with Crippen LogP contribution >= 0.6 is 0 Å². The second-order valence-corrected chi connectivity index (χ2v) is 6.40. The molecule has 0 aromatic heterocycles. The SMILES string of the molecule is Cc1cccc(N2CCN(C[C@H](O)COc3ccccc3)CC2)c1. The minimum Gasteiger partial charge on any atom is -0.491 e. The van der Waals surface area contributed by atoms with Gasteiger partial charge in [0.1, 0.15) is 18.5 Å². The number of anilines is 1. The molecule has 0 unspecified atom stereocenters. The molecule has 0 saturated carbocycles. The Kier molecular flexibility index (Phi) is 5.72. The van der Waals surface area contributed by atoms with E-state index in [1.54, 1.807) is 0 Å². The molecule has 1 heterocycles. The van der Waals surface area contributed by atoms with Crippen molar-refractivity contribution in [3.63, 3.8) is 0 Å². The maximum absolute atomic E-state index is 10.2. The summed E-state index contributed by atoms with van der Waals surface area (Å²) in [5.74, 6) is 0.806. The van der Waals surface area contributed by atoms with Gasteiger partial charge in [-0.2, -0.15) is 0 Å². The van der Waals surface area contributed by atoms with E-state index in [1.165, 1.54) is 11.3 Å². The van der Waals surface area contributed by atoms with Gasteiger partial charge in [0.2, 0.25) is 0 Å². The minimum atomic E-state index is -0.462. The van der Waals surface area contributed by atoms with Crippen LogP contribution in [0.5, 0.6) is 5.75 Å². The van der Waals surface area contributed by atoms with Gasteiger partial charge >= 0.3 is 0 Å². The summed E-state index contributed by atoms with van der Waals surface area (Å²) in [5.41, 5.74) is 2.59. The third-order valence-corrected chi connectivity index (χ3v) is 4.39. The lowest BCUT2D eigenvalue weighted by Gasteiger charge is -2.37. The number of hydrogen-bond donors (Lipinski definition) is 1. The molecule has 1 saturated heterocycles. The number of ether oxygens (including phenoxy) is 1. The van der Waals surface area contributed by atoms with Crippen LogP contribution in [0.4, 0.5) is 5.69 Å². The van der Waals surface area contributed by atoms with E-state index in [9.17, 15) is 5.11 Å². The van der Waals surface area contributed by atoms with Crippen LogP contribution in [0.25, 0.3) is 0 Å². The molecular weight excluding hydrogens is 300 g/mol. The molecule has 1 fully saturated rings. The number of rotatable bonds is 6. The molecule has 4 heteroatoms. The summed E-state index contributed by atoms with van der Waals surface area (Å²) in [6, 6.07) is 18.3. The van der Waals surface area contributed by atoms with E-state index in [0.29, 0.717) is 13.2 Å². The van der Waals surface area contributed by atoms with Crippen molar-refractivity contribution in [2.45, 2.75) is 13.0 Å². The second kappa shape index (κ2) is 8.18. The van der Waals surface area contributed by atoms with Gasteiger partial charge in [-0.1, -0.05) is 30.3 Å². The summed E-state index contributed by atoms with van der Waals surface area (Å²) >= 11 is 0. The molecule has 2 aromatic rings. The molecule has 128 valence electrons. The highest BCUT2D eigenvalue weighted by atomic mass is 16.5. The third kappa shape index (κ3) is 4.73. The number of hydrogen-bond acceptors (Lipinski definition) is 4. The Labute approximate surface area is 144 Å². The van der Waals surface area contributed by atoms with Gasteiger partial charge in [0.15, 0.2) is 0 Å². The van der Waals surface area contributed by atoms with Gasteiger partial charge in [0, 0.05) is 38.4 Å². The third-order valence-electron chi connectivity index (χ3n) is 4.39. The lowest BCUT2D eigenvalue weighted by molar-refractivity contribution is 0.0663. The largest absolute Gasteiger partial charge is 0.491 e. The summed E-state index contributed by atoms with van der Waals surface area (Å²) in [4.78, 5) is 4.72.